The topological polar surface area (TPSA) is 29.1 Å². The van der Waals surface area contributed by atoms with E-state index in [0.29, 0.717) is 5.92 Å². The number of carbonyl (C=O) groups is 1. The highest BCUT2D eigenvalue weighted by Crippen LogP contribution is 2.40. The maximum absolute atomic E-state index is 11.2. The van der Waals surface area contributed by atoms with Gasteiger partial charge in [0.05, 0.1) is 5.92 Å². The highest BCUT2D eigenvalue weighted by Gasteiger charge is 2.39. The van der Waals surface area contributed by atoms with Crippen molar-refractivity contribution in [1.29, 1.82) is 0 Å². The molecule has 1 N–H and O–H groups in total. The summed E-state index contributed by atoms with van der Waals surface area (Å²) in [4.78, 5) is 11.2. The Morgan fingerprint density at radius 1 is 1.18 bits per heavy atom. The standard InChI is InChI=1S/C9H11NO.C2H6.C2H4.CH4S/c1-5-6(2)8-3-7(5)4-10-9(8)11;3*1-2/h7-8H,1-4H2,(H,10,11);1-2H3;1-2H2;2H,1H3. The Kier molecular flexibility index (Phi) is 11.1. The number of hydrogen-bond donors (Lipinski definition) is 2. The van der Waals surface area contributed by atoms with Crippen molar-refractivity contribution in [3.05, 3.63) is 37.5 Å². The minimum atomic E-state index is 0.0289. The Balaban J connectivity index is 0. The van der Waals surface area contributed by atoms with E-state index in [1.165, 1.54) is 0 Å². The molecule has 2 nitrogen and oxygen atoms in total. The normalized spacial score (nSPS) is 24.1. The SMILES string of the molecule is C=C.C=C1C(=C)C2CC1CNC2=O.CC.CS. The third kappa shape index (κ3) is 4.43. The lowest BCUT2D eigenvalue weighted by Gasteiger charge is -2.18. The molecule has 0 aromatic carbocycles. The number of thiol groups is 1. The average Bonchev–Trinajstić information content (AvgIpc) is 2.67. The molecule has 0 aromatic rings. The Labute approximate surface area is 111 Å². The van der Waals surface area contributed by atoms with Crippen LogP contribution in [0.2, 0.25) is 0 Å². The summed E-state index contributed by atoms with van der Waals surface area (Å²) < 4.78 is 0. The zero-order valence-electron chi connectivity index (χ0n) is 11.3. The minimum absolute atomic E-state index is 0.0289. The van der Waals surface area contributed by atoms with Crippen LogP contribution in [0.25, 0.3) is 0 Å². The van der Waals surface area contributed by atoms with Gasteiger partial charge >= 0.3 is 0 Å². The van der Waals surface area contributed by atoms with E-state index in [1.54, 1.807) is 6.26 Å². The average molecular weight is 255 g/mol. The fourth-order valence-corrected chi connectivity index (χ4v) is 1.87. The van der Waals surface area contributed by atoms with E-state index in [4.69, 9.17) is 0 Å². The second-order valence-corrected chi connectivity index (χ2v) is 3.28. The van der Waals surface area contributed by atoms with Crippen LogP contribution in [0.4, 0.5) is 0 Å². The van der Waals surface area contributed by atoms with Crippen molar-refractivity contribution in [1.82, 2.24) is 5.32 Å². The van der Waals surface area contributed by atoms with Gasteiger partial charge in [-0.05, 0) is 23.8 Å². The van der Waals surface area contributed by atoms with Crippen molar-refractivity contribution in [3.8, 4) is 0 Å². The molecule has 2 atom stereocenters. The lowest BCUT2D eigenvalue weighted by molar-refractivity contribution is -0.125. The van der Waals surface area contributed by atoms with Gasteiger partial charge in [-0.3, -0.25) is 4.79 Å². The summed E-state index contributed by atoms with van der Waals surface area (Å²) in [6.07, 6.45) is 2.63. The zero-order valence-corrected chi connectivity index (χ0v) is 12.1. The van der Waals surface area contributed by atoms with Crippen LogP contribution in [0.5, 0.6) is 0 Å². The molecule has 2 aliphatic rings. The predicted octanol–water partition coefficient (Wildman–Crippen LogP) is 3.24. The van der Waals surface area contributed by atoms with Gasteiger partial charge in [0.1, 0.15) is 0 Å². The monoisotopic (exact) mass is 255 g/mol. The van der Waals surface area contributed by atoms with E-state index in [2.05, 4.69) is 44.3 Å². The largest absolute Gasteiger partial charge is 0.355 e. The van der Waals surface area contributed by atoms with E-state index < -0.39 is 0 Å². The zero-order chi connectivity index (χ0) is 14.0. The summed E-state index contributed by atoms with van der Waals surface area (Å²) in [5.41, 5.74) is 2.03. The Hall–Kier alpha value is -0.960. The van der Waals surface area contributed by atoms with E-state index >= 15 is 0 Å². The first-order valence-electron chi connectivity index (χ1n) is 5.80. The summed E-state index contributed by atoms with van der Waals surface area (Å²) >= 11 is 3.53. The van der Waals surface area contributed by atoms with Crippen molar-refractivity contribution >= 4 is 18.5 Å². The van der Waals surface area contributed by atoms with Gasteiger partial charge in [0, 0.05) is 12.5 Å². The van der Waals surface area contributed by atoms with E-state index in [9.17, 15) is 4.79 Å². The first-order chi connectivity index (χ1) is 8.20. The minimum Gasteiger partial charge on any atom is -0.355 e. The molecule has 1 aliphatic heterocycles. The van der Waals surface area contributed by atoms with Crippen molar-refractivity contribution in [2.24, 2.45) is 11.8 Å². The molecule has 98 valence electrons. The molecule has 0 aromatic heterocycles. The summed E-state index contributed by atoms with van der Waals surface area (Å²) in [6.45, 7) is 18.5. The van der Waals surface area contributed by atoms with Crippen LogP contribution in [0.3, 0.4) is 0 Å². The Morgan fingerprint density at radius 3 is 2.06 bits per heavy atom. The number of fused-ring (bicyclic) bond motifs is 2. The molecule has 1 aliphatic carbocycles. The number of nitrogens with one attached hydrogen (secondary N) is 1. The van der Waals surface area contributed by atoms with Gasteiger partial charge in [-0.15, -0.1) is 13.2 Å². The second kappa shape index (κ2) is 10.2. The maximum Gasteiger partial charge on any atom is 0.227 e. The van der Waals surface area contributed by atoms with Crippen LogP contribution >= 0.6 is 12.6 Å². The number of piperidine rings is 1. The maximum atomic E-state index is 11.2. The molecule has 2 fully saturated rings. The van der Waals surface area contributed by atoms with Crippen LogP contribution in [0.1, 0.15) is 20.3 Å². The molecule has 17 heavy (non-hydrogen) atoms. The smallest absolute Gasteiger partial charge is 0.227 e. The van der Waals surface area contributed by atoms with Gasteiger partial charge in [-0.25, -0.2) is 0 Å². The number of hydrogen-bond acceptors (Lipinski definition) is 2. The third-order valence-corrected chi connectivity index (χ3v) is 2.69. The fourth-order valence-electron chi connectivity index (χ4n) is 1.87. The van der Waals surface area contributed by atoms with Gasteiger partial charge in [0.15, 0.2) is 0 Å². The van der Waals surface area contributed by atoms with Gasteiger partial charge < -0.3 is 5.32 Å². The van der Waals surface area contributed by atoms with Crippen LogP contribution in [0.15, 0.2) is 37.5 Å². The molecular formula is C14H25NOS. The molecule has 2 unspecified atom stereocenters. The molecule has 1 saturated carbocycles. The first-order valence-corrected chi connectivity index (χ1v) is 6.70. The summed E-state index contributed by atoms with van der Waals surface area (Å²) in [6, 6.07) is 0. The van der Waals surface area contributed by atoms with Crippen molar-refractivity contribution in [2.75, 3.05) is 12.8 Å². The predicted molar refractivity (Wildman–Crippen MR) is 80.4 cm³/mol. The third-order valence-electron chi connectivity index (χ3n) is 2.69. The van der Waals surface area contributed by atoms with Gasteiger partial charge in [0.2, 0.25) is 5.91 Å². The van der Waals surface area contributed by atoms with E-state index in [0.717, 1.165) is 24.1 Å². The highest BCUT2D eigenvalue weighted by molar-refractivity contribution is 7.79. The molecule has 0 radical (unpaired) electrons. The van der Waals surface area contributed by atoms with E-state index in [-0.39, 0.29) is 11.8 Å². The lowest BCUT2D eigenvalue weighted by Crippen LogP contribution is -2.36. The molecular weight excluding hydrogens is 230 g/mol. The molecule has 1 amide bonds. The van der Waals surface area contributed by atoms with Crippen LogP contribution < -0.4 is 5.32 Å². The summed E-state index contributed by atoms with van der Waals surface area (Å²) in [7, 11) is 0. The summed E-state index contributed by atoms with van der Waals surface area (Å²) in [5.74, 6) is 0.622. The summed E-state index contributed by atoms with van der Waals surface area (Å²) in [5, 5.41) is 2.84. The number of carbonyl (C=O) groups excluding carboxylic acids is 1. The molecule has 2 bridgehead atoms. The lowest BCUT2D eigenvalue weighted by atomic mass is 9.99. The molecule has 1 saturated heterocycles. The van der Waals surface area contributed by atoms with Gasteiger partial charge in [0.25, 0.3) is 0 Å². The fraction of sp³-hybridized carbons (Fsp3) is 0.500. The number of amides is 1. The van der Waals surface area contributed by atoms with Crippen molar-refractivity contribution < 1.29 is 4.79 Å². The molecule has 0 spiro atoms. The molecule has 2 rings (SSSR count). The highest BCUT2D eigenvalue weighted by atomic mass is 32.1. The van der Waals surface area contributed by atoms with Crippen LogP contribution in [-0.4, -0.2) is 18.7 Å². The number of rotatable bonds is 0. The molecule has 1 heterocycles. The Bertz CT molecular complexity index is 273. The van der Waals surface area contributed by atoms with Crippen molar-refractivity contribution in [3.63, 3.8) is 0 Å². The Morgan fingerprint density at radius 2 is 1.65 bits per heavy atom. The first kappa shape index (κ1) is 18.4. The second-order valence-electron chi connectivity index (χ2n) is 3.28. The quantitative estimate of drug-likeness (QED) is 0.505. The van der Waals surface area contributed by atoms with Crippen molar-refractivity contribution in [2.45, 2.75) is 20.3 Å². The van der Waals surface area contributed by atoms with Crippen LogP contribution in [-0.2, 0) is 4.79 Å². The van der Waals surface area contributed by atoms with Gasteiger partial charge in [-0.2, -0.15) is 12.6 Å². The van der Waals surface area contributed by atoms with Gasteiger partial charge in [-0.1, -0.05) is 27.0 Å². The van der Waals surface area contributed by atoms with Crippen LogP contribution in [0, 0.1) is 11.8 Å². The van der Waals surface area contributed by atoms with E-state index in [1.807, 2.05) is 13.8 Å². The molecule has 3 heteroatoms.